The summed E-state index contributed by atoms with van der Waals surface area (Å²) in [5.41, 5.74) is 0. The zero-order valence-corrected chi connectivity index (χ0v) is 10.0. The molecule has 0 bridgehead atoms. The summed E-state index contributed by atoms with van der Waals surface area (Å²) >= 11 is 0. The lowest BCUT2D eigenvalue weighted by Crippen LogP contribution is -2.32. The Morgan fingerprint density at radius 3 is 2.73 bits per heavy atom. The Morgan fingerprint density at radius 1 is 1.27 bits per heavy atom. The number of ether oxygens (including phenoxy) is 1. The second-order valence-corrected chi connectivity index (χ2v) is 5.31. The van der Waals surface area contributed by atoms with E-state index in [-0.39, 0.29) is 0 Å². The van der Waals surface area contributed by atoms with Gasteiger partial charge in [-0.05, 0) is 45.1 Å². The van der Waals surface area contributed by atoms with Crippen molar-refractivity contribution in [1.29, 1.82) is 0 Å². The van der Waals surface area contributed by atoms with Gasteiger partial charge in [0.2, 0.25) is 0 Å². The molecule has 2 heteroatoms. The smallest absolute Gasteiger partial charge is 0.0590 e. The number of hydrogen-bond donors (Lipinski definition) is 1. The van der Waals surface area contributed by atoms with E-state index in [0.717, 1.165) is 12.5 Å². The van der Waals surface area contributed by atoms with Gasteiger partial charge >= 0.3 is 0 Å². The minimum atomic E-state index is 0.538. The lowest BCUT2D eigenvalue weighted by atomic mass is 9.83. The van der Waals surface area contributed by atoms with Crippen LogP contribution >= 0.6 is 0 Å². The Labute approximate surface area is 93.8 Å². The Bertz CT molecular complexity index is 173. The summed E-state index contributed by atoms with van der Waals surface area (Å²) in [4.78, 5) is 0. The highest BCUT2D eigenvalue weighted by atomic mass is 16.5. The molecule has 2 nitrogen and oxygen atoms in total. The molecule has 1 saturated heterocycles. The predicted octanol–water partition coefficient (Wildman–Crippen LogP) is 2.72. The van der Waals surface area contributed by atoms with Crippen molar-refractivity contribution in [2.24, 2.45) is 5.92 Å². The third kappa shape index (κ3) is 3.76. The summed E-state index contributed by atoms with van der Waals surface area (Å²) in [7, 11) is 0. The molecule has 1 aliphatic carbocycles. The van der Waals surface area contributed by atoms with E-state index in [1.165, 1.54) is 51.5 Å². The first-order valence-corrected chi connectivity index (χ1v) is 6.69. The minimum Gasteiger partial charge on any atom is -0.378 e. The van der Waals surface area contributed by atoms with Crippen LogP contribution in [0, 0.1) is 5.92 Å². The number of rotatable bonds is 6. The van der Waals surface area contributed by atoms with Gasteiger partial charge in [-0.1, -0.05) is 19.3 Å². The van der Waals surface area contributed by atoms with Crippen molar-refractivity contribution in [2.45, 2.75) is 64.0 Å². The minimum absolute atomic E-state index is 0.538. The molecule has 0 radical (unpaired) electrons. The van der Waals surface area contributed by atoms with Gasteiger partial charge in [0.1, 0.15) is 0 Å². The van der Waals surface area contributed by atoms with Gasteiger partial charge in [0.25, 0.3) is 0 Å². The normalized spacial score (nSPS) is 29.0. The highest BCUT2D eigenvalue weighted by Crippen LogP contribution is 2.28. The molecule has 1 saturated carbocycles. The highest BCUT2D eigenvalue weighted by Gasteiger charge is 2.19. The maximum absolute atomic E-state index is 5.64. The Kier molecular flexibility index (Phi) is 4.45. The van der Waals surface area contributed by atoms with Crippen molar-refractivity contribution in [3.8, 4) is 0 Å². The average molecular weight is 211 g/mol. The fourth-order valence-electron chi connectivity index (χ4n) is 2.62. The topological polar surface area (TPSA) is 21.3 Å². The predicted molar refractivity (Wildman–Crippen MR) is 63.0 cm³/mol. The SMILES string of the molecule is CC(CC1CCCO1)NCCC1CCC1. The van der Waals surface area contributed by atoms with E-state index in [1.807, 2.05) is 0 Å². The lowest BCUT2D eigenvalue weighted by Gasteiger charge is -2.26. The molecule has 2 aliphatic rings. The molecule has 1 N–H and O–H groups in total. The average Bonchev–Trinajstić information content (AvgIpc) is 2.62. The van der Waals surface area contributed by atoms with Crippen molar-refractivity contribution < 1.29 is 4.74 Å². The first kappa shape index (κ1) is 11.4. The van der Waals surface area contributed by atoms with Crippen LogP contribution in [0.4, 0.5) is 0 Å². The van der Waals surface area contributed by atoms with Crippen LogP contribution in [0.5, 0.6) is 0 Å². The van der Waals surface area contributed by atoms with Crippen LogP contribution in [0.15, 0.2) is 0 Å². The molecule has 88 valence electrons. The zero-order valence-electron chi connectivity index (χ0n) is 10.0. The maximum Gasteiger partial charge on any atom is 0.0590 e. The van der Waals surface area contributed by atoms with Crippen LogP contribution in [0.25, 0.3) is 0 Å². The molecule has 2 unspecified atom stereocenters. The molecule has 0 amide bonds. The number of nitrogens with one attached hydrogen (secondary N) is 1. The van der Waals surface area contributed by atoms with Gasteiger partial charge in [-0.2, -0.15) is 0 Å². The van der Waals surface area contributed by atoms with Gasteiger partial charge in [0, 0.05) is 12.6 Å². The third-order valence-electron chi connectivity index (χ3n) is 3.91. The van der Waals surface area contributed by atoms with Crippen molar-refractivity contribution >= 4 is 0 Å². The molecule has 2 atom stereocenters. The molecule has 0 aromatic heterocycles. The van der Waals surface area contributed by atoms with Crippen LogP contribution in [-0.2, 0) is 4.74 Å². The quantitative estimate of drug-likeness (QED) is 0.729. The zero-order chi connectivity index (χ0) is 10.5. The molecule has 0 aromatic rings. The van der Waals surface area contributed by atoms with Gasteiger partial charge in [-0.25, -0.2) is 0 Å². The van der Waals surface area contributed by atoms with E-state index in [1.54, 1.807) is 0 Å². The molecular formula is C13H25NO. The summed E-state index contributed by atoms with van der Waals surface area (Å²) in [5, 5.41) is 3.63. The highest BCUT2D eigenvalue weighted by molar-refractivity contribution is 4.74. The van der Waals surface area contributed by atoms with Crippen molar-refractivity contribution in [3.05, 3.63) is 0 Å². The first-order chi connectivity index (χ1) is 7.34. The van der Waals surface area contributed by atoms with Crippen LogP contribution in [-0.4, -0.2) is 25.3 Å². The summed E-state index contributed by atoms with van der Waals surface area (Å²) in [6.45, 7) is 4.49. The Morgan fingerprint density at radius 2 is 2.13 bits per heavy atom. The van der Waals surface area contributed by atoms with Crippen molar-refractivity contribution in [3.63, 3.8) is 0 Å². The van der Waals surface area contributed by atoms with E-state index in [9.17, 15) is 0 Å². The molecule has 15 heavy (non-hydrogen) atoms. The van der Waals surface area contributed by atoms with Crippen molar-refractivity contribution in [1.82, 2.24) is 5.32 Å². The summed E-state index contributed by atoms with van der Waals surface area (Å²) in [6, 6.07) is 0.633. The molecule has 2 rings (SSSR count). The molecular weight excluding hydrogens is 186 g/mol. The van der Waals surface area contributed by atoms with Gasteiger partial charge in [-0.3, -0.25) is 0 Å². The lowest BCUT2D eigenvalue weighted by molar-refractivity contribution is 0.0960. The molecule has 1 heterocycles. The van der Waals surface area contributed by atoms with Gasteiger partial charge in [0.15, 0.2) is 0 Å². The van der Waals surface area contributed by atoms with E-state index in [0.29, 0.717) is 12.1 Å². The molecule has 0 aromatic carbocycles. The van der Waals surface area contributed by atoms with Crippen LogP contribution in [0.1, 0.15) is 51.9 Å². The second kappa shape index (κ2) is 5.86. The van der Waals surface area contributed by atoms with Gasteiger partial charge < -0.3 is 10.1 Å². The summed E-state index contributed by atoms with van der Waals surface area (Å²) in [5.74, 6) is 1.03. The molecule has 0 spiro atoms. The molecule has 2 fully saturated rings. The Hall–Kier alpha value is -0.0800. The Balaban J connectivity index is 1.49. The van der Waals surface area contributed by atoms with E-state index >= 15 is 0 Å². The summed E-state index contributed by atoms with van der Waals surface area (Å²) in [6.07, 6.45) is 10.1. The number of hydrogen-bond acceptors (Lipinski definition) is 2. The van der Waals surface area contributed by atoms with Crippen LogP contribution < -0.4 is 5.32 Å². The monoisotopic (exact) mass is 211 g/mol. The largest absolute Gasteiger partial charge is 0.378 e. The fourth-order valence-corrected chi connectivity index (χ4v) is 2.62. The van der Waals surface area contributed by atoms with Crippen LogP contribution in [0.2, 0.25) is 0 Å². The van der Waals surface area contributed by atoms with E-state index < -0.39 is 0 Å². The van der Waals surface area contributed by atoms with E-state index in [2.05, 4.69) is 12.2 Å². The summed E-state index contributed by atoms with van der Waals surface area (Å²) < 4.78 is 5.64. The van der Waals surface area contributed by atoms with Gasteiger partial charge in [0.05, 0.1) is 6.10 Å². The van der Waals surface area contributed by atoms with E-state index in [4.69, 9.17) is 4.74 Å². The molecule has 1 aliphatic heterocycles. The first-order valence-electron chi connectivity index (χ1n) is 6.69. The third-order valence-corrected chi connectivity index (χ3v) is 3.91. The van der Waals surface area contributed by atoms with Crippen molar-refractivity contribution in [2.75, 3.05) is 13.2 Å². The standard InChI is InChI=1S/C13H25NO/c1-11(10-13-6-3-9-15-13)14-8-7-12-4-2-5-12/h11-14H,2-10H2,1H3. The maximum atomic E-state index is 5.64. The van der Waals surface area contributed by atoms with Crippen LogP contribution in [0.3, 0.4) is 0 Å². The fraction of sp³-hybridized carbons (Fsp3) is 1.00. The van der Waals surface area contributed by atoms with Gasteiger partial charge in [-0.15, -0.1) is 0 Å². The second-order valence-electron chi connectivity index (χ2n) is 5.31.